The van der Waals surface area contributed by atoms with Crippen molar-refractivity contribution in [1.82, 2.24) is 0 Å². The SMILES string of the molecule is CC1(C)[C@H](C(=O)O)[C@@H]1C(=O)Nc1ccc(Cl)c(Br)c1. The van der Waals surface area contributed by atoms with Crippen molar-refractivity contribution in [3.63, 3.8) is 0 Å². The number of halogens is 2. The van der Waals surface area contributed by atoms with Gasteiger partial charge in [-0.15, -0.1) is 0 Å². The zero-order valence-electron chi connectivity index (χ0n) is 10.4. The summed E-state index contributed by atoms with van der Waals surface area (Å²) in [5.41, 5.74) is 0.0904. The summed E-state index contributed by atoms with van der Waals surface area (Å²) >= 11 is 9.13. The molecule has 0 heterocycles. The Morgan fingerprint density at radius 1 is 1.37 bits per heavy atom. The molecule has 0 spiro atoms. The van der Waals surface area contributed by atoms with Crippen molar-refractivity contribution < 1.29 is 14.7 Å². The fourth-order valence-electron chi connectivity index (χ4n) is 2.38. The van der Waals surface area contributed by atoms with Gasteiger partial charge in [-0.25, -0.2) is 0 Å². The van der Waals surface area contributed by atoms with Crippen LogP contribution in [0.2, 0.25) is 5.02 Å². The van der Waals surface area contributed by atoms with Gasteiger partial charge in [0.2, 0.25) is 5.91 Å². The zero-order chi connectivity index (χ0) is 14.4. The molecule has 2 N–H and O–H groups in total. The summed E-state index contributed by atoms with van der Waals surface area (Å²) in [7, 11) is 0. The molecule has 4 nitrogen and oxygen atoms in total. The smallest absolute Gasteiger partial charge is 0.307 e. The number of hydrogen-bond acceptors (Lipinski definition) is 2. The minimum absolute atomic E-state index is 0.272. The van der Waals surface area contributed by atoms with Crippen LogP contribution in [-0.4, -0.2) is 17.0 Å². The van der Waals surface area contributed by atoms with Gasteiger partial charge in [-0.1, -0.05) is 25.4 Å². The second-order valence-electron chi connectivity index (χ2n) is 5.23. The normalized spacial score (nSPS) is 23.8. The maximum absolute atomic E-state index is 12.1. The van der Waals surface area contributed by atoms with E-state index in [0.29, 0.717) is 15.2 Å². The highest BCUT2D eigenvalue weighted by Crippen LogP contribution is 2.58. The van der Waals surface area contributed by atoms with Crippen molar-refractivity contribution in [3.8, 4) is 0 Å². The molecule has 1 fully saturated rings. The highest BCUT2D eigenvalue weighted by Gasteiger charge is 2.65. The zero-order valence-corrected chi connectivity index (χ0v) is 12.7. The van der Waals surface area contributed by atoms with Crippen molar-refractivity contribution >= 4 is 45.1 Å². The van der Waals surface area contributed by atoms with E-state index in [1.54, 1.807) is 32.0 Å². The average molecular weight is 347 g/mol. The molecule has 6 heteroatoms. The van der Waals surface area contributed by atoms with Crippen LogP contribution >= 0.6 is 27.5 Å². The monoisotopic (exact) mass is 345 g/mol. The van der Waals surface area contributed by atoms with E-state index in [2.05, 4.69) is 21.2 Å². The molecular formula is C13H13BrClNO3. The number of hydrogen-bond donors (Lipinski definition) is 2. The van der Waals surface area contributed by atoms with Crippen LogP contribution in [0.25, 0.3) is 0 Å². The number of carbonyl (C=O) groups excluding carboxylic acids is 1. The molecule has 0 aliphatic heterocycles. The third kappa shape index (κ3) is 2.62. The lowest BCUT2D eigenvalue weighted by atomic mass is 10.1. The number of carbonyl (C=O) groups is 2. The van der Waals surface area contributed by atoms with Crippen LogP contribution in [0.15, 0.2) is 22.7 Å². The molecule has 102 valence electrons. The molecule has 0 bridgehead atoms. The maximum Gasteiger partial charge on any atom is 0.307 e. The first-order valence-corrected chi connectivity index (χ1v) is 6.91. The highest BCUT2D eigenvalue weighted by molar-refractivity contribution is 9.10. The van der Waals surface area contributed by atoms with E-state index in [0.717, 1.165) is 0 Å². The molecule has 1 amide bonds. The largest absolute Gasteiger partial charge is 0.481 e. The maximum atomic E-state index is 12.1. The Hall–Kier alpha value is -1.07. The topological polar surface area (TPSA) is 66.4 Å². The van der Waals surface area contributed by atoms with Crippen molar-refractivity contribution in [2.75, 3.05) is 5.32 Å². The summed E-state index contributed by atoms with van der Waals surface area (Å²) in [6.07, 6.45) is 0. The Morgan fingerprint density at radius 2 is 2.00 bits per heavy atom. The number of anilines is 1. The Bertz CT molecular complexity index is 559. The van der Waals surface area contributed by atoms with Gasteiger partial charge < -0.3 is 10.4 Å². The van der Waals surface area contributed by atoms with Crippen LogP contribution < -0.4 is 5.32 Å². The average Bonchev–Trinajstić information content (AvgIpc) is 2.87. The van der Waals surface area contributed by atoms with Crippen molar-refractivity contribution in [2.24, 2.45) is 17.3 Å². The highest BCUT2D eigenvalue weighted by atomic mass is 79.9. The van der Waals surface area contributed by atoms with E-state index >= 15 is 0 Å². The lowest BCUT2D eigenvalue weighted by Gasteiger charge is -2.07. The van der Waals surface area contributed by atoms with Crippen molar-refractivity contribution in [2.45, 2.75) is 13.8 Å². The number of carboxylic acids is 1. The van der Waals surface area contributed by atoms with Crippen molar-refractivity contribution in [1.29, 1.82) is 0 Å². The van der Waals surface area contributed by atoms with E-state index in [1.807, 2.05) is 0 Å². The predicted octanol–water partition coefficient (Wildman–Crippen LogP) is 3.40. The lowest BCUT2D eigenvalue weighted by Crippen LogP contribution is -2.17. The quantitative estimate of drug-likeness (QED) is 0.881. The fraction of sp³-hybridized carbons (Fsp3) is 0.385. The molecule has 0 saturated heterocycles. The van der Waals surface area contributed by atoms with Crippen LogP contribution in [0.3, 0.4) is 0 Å². The molecule has 2 atom stereocenters. The molecule has 1 aliphatic carbocycles. The second-order valence-corrected chi connectivity index (χ2v) is 6.49. The molecule has 2 rings (SSSR count). The van der Waals surface area contributed by atoms with E-state index in [9.17, 15) is 9.59 Å². The lowest BCUT2D eigenvalue weighted by molar-refractivity contribution is -0.140. The standard InChI is InChI=1S/C13H13BrClNO3/c1-13(2)9(10(13)12(18)19)11(17)16-6-3-4-8(15)7(14)5-6/h3-5,9-10H,1-2H3,(H,16,17)(H,18,19)/t9-,10+/m1/s1. The second kappa shape index (κ2) is 4.80. The third-order valence-corrected chi connectivity index (χ3v) is 4.78. The third-order valence-electron chi connectivity index (χ3n) is 3.56. The first-order chi connectivity index (χ1) is 8.75. The number of rotatable bonds is 3. The predicted molar refractivity (Wildman–Crippen MR) is 76.2 cm³/mol. The van der Waals surface area contributed by atoms with Crippen LogP contribution in [0.4, 0.5) is 5.69 Å². The van der Waals surface area contributed by atoms with Gasteiger partial charge >= 0.3 is 5.97 Å². The summed E-state index contributed by atoms with van der Waals surface area (Å²) in [5.74, 6) is -2.32. The molecule has 0 radical (unpaired) electrons. The van der Waals surface area contributed by atoms with E-state index in [4.69, 9.17) is 16.7 Å². The van der Waals surface area contributed by atoms with E-state index < -0.39 is 23.2 Å². The number of amides is 1. The van der Waals surface area contributed by atoms with Gasteiger partial charge in [-0.3, -0.25) is 9.59 Å². The summed E-state index contributed by atoms with van der Waals surface area (Å²) in [6, 6.07) is 5.02. The molecule has 0 aromatic heterocycles. The molecule has 0 unspecified atom stereocenters. The van der Waals surface area contributed by atoms with Gasteiger partial charge in [0.25, 0.3) is 0 Å². The molecule has 1 aliphatic rings. The Morgan fingerprint density at radius 3 is 2.47 bits per heavy atom. The molecule has 1 saturated carbocycles. The minimum Gasteiger partial charge on any atom is -0.481 e. The Labute approximate surface area is 124 Å². The molecule has 1 aromatic carbocycles. The first kappa shape index (κ1) is 14.3. The van der Waals surface area contributed by atoms with Crippen LogP contribution in [0, 0.1) is 17.3 Å². The van der Waals surface area contributed by atoms with E-state index in [-0.39, 0.29) is 5.91 Å². The minimum atomic E-state index is -0.928. The molecule has 1 aromatic rings. The number of carboxylic acid groups (broad SMARTS) is 1. The van der Waals surface area contributed by atoms with Gasteiger partial charge in [-0.05, 0) is 39.5 Å². The van der Waals surface area contributed by atoms with Crippen LogP contribution in [-0.2, 0) is 9.59 Å². The summed E-state index contributed by atoms with van der Waals surface area (Å²) in [4.78, 5) is 23.1. The van der Waals surface area contributed by atoms with Crippen molar-refractivity contribution in [3.05, 3.63) is 27.7 Å². The number of benzene rings is 1. The van der Waals surface area contributed by atoms with Crippen LogP contribution in [0.1, 0.15) is 13.8 Å². The summed E-state index contributed by atoms with van der Waals surface area (Å²) < 4.78 is 0.678. The number of nitrogens with one attached hydrogen (secondary N) is 1. The van der Waals surface area contributed by atoms with Crippen LogP contribution in [0.5, 0.6) is 0 Å². The summed E-state index contributed by atoms with van der Waals surface area (Å²) in [6.45, 7) is 3.57. The van der Waals surface area contributed by atoms with Gasteiger partial charge in [0.05, 0.1) is 16.9 Å². The Kier molecular flexibility index (Phi) is 3.62. The van der Waals surface area contributed by atoms with Gasteiger partial charge in [-0.2, -0.15) is 0 Å². The summed E-state index contributed by atoms with van der Waals surface area (Å²) in [5, 5.41) is 12.3. The van der Waals surface area contributed by atoms with Gasteiger partial charge in [0, 0.05) is 10.2 Å². The van der Waals surface area contributed by atoms with E-state index in [1.165, 1.54) is 0 Å². The van der Waals surface area contributed by atoms with Gasteiger partial charge in [0.15, 0.2) is 0 Å². The molecular weight excluding hydrogens is 334 g/mol. The number of aliphatic carboxylic acids is 1. The molecule has 19 heavy (non-hydrogen) atoms. The Balaban J connectivity index is 2.10. The first-order valence-electron chi connectivity index (χ1n) is 5.74. The van der Waals surface area contributed by atoms with Gasteiger partial charge in [0.1, 0.15) is 0 Å². The fourth-order valence-corrected chi connectivity index (χ4v) is 2.88.